The molecule has 2 heterocycles. The van der Waals surface area contributed by atoms with Gasteiger partial charge in [-0.15, -0.1) is 0 Å². The highest BCUT2D eigenvalue weighted by atomic mass is 16.5. The van der Waals surface area contributed by atoms with Crippen LogP contribution in [-0.4, -0.2) is 60.8 Å². The number of benzene rings is 1. The Labute approximate surface area is 178 Å². The van der Waals surface area contributed by atoms with E-state index < -0.39 is 0 Å². The van der Waals surface area contributed by atoms with Crippen molar-refractivity contribution in [1.29, 1.82) is 0 Å². The van der Waals surface area contributed by atoms with Crippen LogP contribution < -0.4 is 0 Å². The topological polar surface area (TPSA) is 73.8 Å². The summed E-state index contributed by atoms with van der Waals surface area (Å²) < 4.78 is 16.3. The van der Waals surface area contributed by atoms with Crippen molar-refractivity contribution in [2.75, 3.05) is 40.0 Å². The van der Waals surface area contributed by atoms with Gasteiger partial charge in [0.25, 0.3) is 0 Å². The van der Waals surface area contributed by atoms with Gasteiger partial charge in [0, 0.05) is 37.9 Å². The Kier molecular flexibility index (Phi) is 8.74. The Morgan fingerprint density at radius 2 is 1.87 bits per heavy atom. The van der Waals surface area contributed by atoms with Gasteiger partial charge in [-0.05, 0) is 25.3 Å². The van der Waals surface area contributed by atoms with E-state index in [2.05, 4.69) is 4.98 Å². The molecule has 0 saturated carbocycles. The number of rotatable bonds is 10. The van der Waals surface area contributed by atoms with Crippen LogP contribution in [0.25, 0.3) is 0 Å². The fourth-order valence-electron chi connectivity index (χ4n) is 3.63. The highest BCUT2D eigenvalue weighted by Crippen LogP contribution is 2.29. The van der Waals surface area contributed by atoms with Crippen molar-refractivity contribution in [1.82, 2.24) is 14.9 Å². The third kappa shape index (κ3) is 6.58. The first-order chi connectivity index (χ1) is 14.7. The molecule has 1 saturated heterocycles. The number of methoxy groups -OCH3 is 1. The summed E-state index contributed by atoms with van der Waals surface area (Å²) in [6.07, 6.45) is 3.62. The first-order valence-corrected chi connectivity index (χ1v) is 10.5. The predicted molar refractivity (Wildman–Crippen MR) is 113 cm³/mol. The quantitative estimate of drug-likeness (QED) is 0.558. The highest BCUT2D eigenvalue weighted by molar-refractivity contribution is 5.77. The molecule has 0 bridgehead atoms. The molecule has 1 aliphatic rings. The minimum atomic E-state index is 0.0476. The van der Waals surface area contributed by atoms with Crippen LogP contribution in [0.2, 0.25) is 0 Å². The minimum absolute atomic E-state index is 0.0476. The van der Waals surface area contributed by atoms with Crippen molar-refractivity contribution in [3.8, 4) is 0 Å². The zero-order chi connectivity index (χ0) is 21.2. The van der Waals surface area contributed by atoms with Crippen LogP contribution in [0.3, 0.4) is 0 Å². The van der Waals surface area contributed by atoms with Crippen LogP contribution in [0.5, 0.6) is 0 Å². The zero-order valence-corrected chi connectivity index (χ0v) is 17.9. The van der Waals surface area contributed by atoms with Gasteiger partial charge in [0.2, 0.25) is 5.91 Å². The molecule has 0 atom stereocenters. The molecule has 2 aromatic rings. The summed E-state index contributed by atoms with van der Waals surface area (Å²) in [6, 6.07) is 9.90. The lowest BCUT2D eigenvalue weighted by atomic mass is 9.91. The number of likely N-dealkylation sites (tertiary alicyclic amines) is 1. The molecule has 0 spiro atoms. The van der Waals surface area contributed by atoms with Crippen molar-refractivity contribution in [2.24, 2.45) is 0 Å². The van der Waals surface area contributed by atoms with E-state index in [1.165, 1.54) is 0 Å². The molecule has 1 fully saturated rings. The second-order valence-corrected chi connectivity index (χ2v) is 7.51. The molecule has 162 valence electrons. The molecular weight excluding hydrogens is 382 g/mol. The SMILES string of the molecule is COCCOCc1cnc(C)nc1C1CCN(C(=O)COCc2ccccc2)CC1. The van der Waals surface area contributed by atoms with E-state index in [0.717, 1.165) is 35.5 Å². The maximum Gasteiger partial charge on any atom is 0.248 e. The molecule has 0 radical (unpaired) electrons. The summed E-state index contributed by atoms with van der Waals surface area (Å²) in [5, 5.41) is 0. The molecule has 1 aromatic heterocycles. The molecule has 1 aliphatic heterocycles. The van der Waals surface area contributed by atoms with Gasteiger partial charge in [-0.1, -0.05) is 30.3 Å². The van der Waals surface area contributed by atoms with E-state index in [1.807, 2.05) is 48.4 Å². The first-order valence-electron chi connectivity index (χ1n) is 10.5. The molecular formula is C23H31N3O4. The number of aromatic nitrogens is 2. The summed E-state index contributed by atoms with van der Waals surface area (Å²) in [5.74, 6) is 1.12. The van der Waals surface area contributed by atoms with Crippen LogP contribution >= 0.6 is 0 Å². The predicted octanol–water partition coefficient (Wildman–Crippen LogP) is 2.87. The zero-order valence-electron chi connectivity index (χ0n) is 17.9. The molecule has 1 amide bonds. The Hall–Kier alpha value is -2.35. The smallest absolute Gasteiger partial charge is 0.248 e. The van der Waals surface area contributed by atoms with E-state index in [1.54, 1.807) is 7.11 Å². The molecule has 7 heteroatoms. The van der Waals surface area contributed by atoms with Gasteiger partial charge < -0.3 is 19.1 Å². The molecule has 30 heavy (non-hydrogen) atoms. The van der Waals surface area contributed by atoms with Crippen molar-refractivity contribution in [3.05, 3.63) is 59.2 Å². The molecule has 7 nitrogen and oxygen atoms in total. The van der Waals surface area contributed by atoms with Gasteiger partial charge in [-0.3, -0.25) is 4.79 Å². The Morgan fingerprint density at radius 3 is 2.60 bits per heavy atom. The molecule has 1 aromatic carbocycles. The number of aryl methyl sites for hydroxylation is 1. The lowest BCUT2D eigenvalue weighted by Gasteiger charge is -2.32. The number of hydrogen-bond acceptors (Lipinski definition) is 6. The minimum Gasteiger partial charge on any atom is -0.382 e. The van der Waals surface area contributed by atoms with Crippen molar-refractivity contribution < 1.29 is 19.0 Å². The van der Waals surface area contributed by atoms with Crippen LogP contribution in [0, 0.1) is 6.92 Å². The van der Waals surface area contributed by atoms with Crippen LogP contribution in [-0.2, 0) is 32.2 Å². The standard InChI is InChI=1S/C23H31N3O4/c1-18-24-14-21(16-29-13-12-28-2)23(25-18)20-8-10-26(11-9-20)22(27)17-30-15-19-6-4-3-5-7-19/h3-7,14,20H,8-13,15-17H2,1-2H3. The number of carbonyl (C=O) groups is 1. The second kappa shape index (κ2) is 11.7. The van der Waals surface area contributed by atoms with Gasteiger partial charge in [-0.2, -0.15) is 0 Å². The second-order valence-electron chi connectivity index (χ2n) is 7.51. The number of carbonyl (C=O) groups excluding carboxylic acids is 1. The van der Waals surface area contributed by atoms with Crippen LogP contribution in [0.4, 0.5) is 0 Å². The van der Waals surface area contributed by atoms with Gasteiger partial charge in [0.05, 0.1) is 32.1 Å². The molecule has 0 unspecified atom stereocenters. The number of nitrogens with zero attached hydrogens (tertiary/aromatic N) is 3. The first kappa shape index (κ1) is 22.3. The van der Waals surface area contributed by atoms with Crippen molar-refractivity contribution >= 4 is 5.91 Å². The summed E-state index contributed by atoms with van der Waals surface area (Å²) >= 11 is 0. The molecule has 3 rings (SSSR count). The van der Waals surface area contributed by atoms with E-state index >= 15 is 0 Å². The summed E-state index contributed by atoms with van der Waals surface area (Å²) in [4.78, 5) is 23.4. The number of hydrogen-bond donors (Lipinski definition) is 0. The maximum absolute atomic E-state index is 12.5. The average molecular weight is 414 g/mol. The third-order valence-electron chi connectivity index (χ3n) is 5.28. The summed E-state index contributed by atoms with van der Waals surface area (Å²) in [5.41, 5.74) is 3.14. The average Bonchev–Trinajstić information content (AvgIpc) is 2.78. The largest absolute Gasteiger partial charge is 0.382 e. The molecule has 0 aliphatic carbocycles. The summed E-state index contributed by atoms with van der Waals surface area (Å²) in [6.45, 7) is 5.48. The monoisotopic (exact) mass is 413 g/mol. The fourth-order valence-corrected chi connectivity index (χ4v) is 3.63. The lowest BCUT2D eigenvalue weighted by molar-refractivity contribution is -0.137. The number of ether oxygens (including phenoxy) is 3. The third-order valence-corrected chi connectivity index (χ3v) is 5.28. The fraction of sp³-hybridized carbons (Fsp3) is 0.522. The highest BCUT2D eigenvalue weighted by Gasteiger charge is 2.26. The van der Waals surface area contributed by atoms with E-state index in [0.29, 0.717) is 45.4 Å². The lowest BCUT2D eigenvalue weighted by Crippen LogP contribution is -2.40. The van der Waals surface area contributed by atoms with Crippen molar-refractivity contribution in [2.45, 2.75) is 38.9 Å². The number of piperidine rings is 1. The van der Waals surface area contributed by atoms with Gasteiger partial charge in [0.15, 0.2) is 0 Å². The van der Waals surface area contributed by atoms with Crippen LogP contribution in [0.1, 0.15) is 41.4 Å². The van der Waals surface area contributed by atoms with E-state index in [4.69, 9.17) is 19.2 Å². The van der Waals surface area contributed by atoms with Crippen LogP contribution in [0.15, 0.2) is 36.5 Å². The van der Waals surface area contributed by atoms with Gasteiger partial charge >= 0.3 is 0 Å². The van der Waals surface area contributed by atoms with E-state index in [9.17, 15) is 4.79 Å². The Balaban J connectivity index is 1.48. The van der Waals surface area contributed by atoms with Gasteiger partial charge in [-0.25, -0.2) is 9.97 Å². The Morgan fingerprint density at radius 1 is 1.10 bits per heavy atom. The Bertz CT molecular complexity index is 792. The molecule has 0 N–H and O–H groups in total. The van der Waals surface area contributed by atoms with Gasteiger partial charge in [0.1, 0.15) is 12.4 Å². The maximum atomic E-state index is 12.5. The van der Waals surface area contributed by atoms with E-state index in [-0.39, 0.29) is 12.5 Å². The number of amides is 1. The summed E-state index contributed by atoms with van der Waals surface area (Å²) in [7, 11) is 1.66. The normalized spacial score (nSPS) is 14.8. The van der Waals surface area contributed by atoms with Crippen molar-refractivity contribution in [3.63, 3.8) is 0 Å².